The van der Waals surface area contributed by atoms with Crippen LogP contribution in [0.1, 0.15) is 28.8 Å². The maximum absolute atomic E-state index is 12.3. The lowest BCUT2D eigenvalue weighted by atomic mass is 9.84. The molecule has 0 aliphatic carbocycles. The second-order valence-corrected chi connectivity index (χ2v) is 6.54. The lowest BCUT2D eigenvalue weighted by Crippen LogP contribution is -2.57. The Morgan fingerprint density at radius 3 is 2.68 bits per heavy atom. The van der Waals surface area contributed by atoms with Gasteiger partial charge in [0.25, 0.3) is 5.91 Å². The van der Waals surface area contributed by atoms with Crippen molar-refractivity contribution in [2.24, 2.45) is 5.92 Å². The Labute approximate surface area is 122 Å². The van der Waals surface area contributed by atoms with E-state index < -0.39 is 0 Å². The third-order valence-corrected chi connectivity index (χ3v) is 5.26. The molecule has 19 heavy (non-hydrogen) atoms. The van der Waals surface area contributed by atoms with Crippen LogP contribution >= 0.6 is 15.9 Å². The number of piperidine rings is 3. The summed E-state index contributed by atoms with van der Waals surface area (Å²) in [7, 11) is 0. The zero-order valence-electron chi connectivity index (χ0n) is 11.2. The van der Waals surface area contributed by atoms with Crippen molar-refractivity contribution in [3.63, 3.8) is 0 Å². The van der Waals surface area contributed by atoms with Gasteiger partial charge in [0, 0.05) is 22.6 Å². The summed E-state index contributed by atoms with van der Waals surface area (Å²) in [6, 6.07) is 6.12. The summed E-state index contributed by atoms with van der Waals surface area (Å²) in [5, 5.41) is 3.21. The number of hydrogen-bond donors (Lipinski definition) is 1. The second-order valence-electron chi connectivity index (χ2n) is 5.68. The molecule has 1 amide bonds. The summed E-state index contributed by atoms with van der Waals surface area (Å²) in [5.74, 6) is 0.724. The molecule has 3 nitrogen and oxygen atoms in total. The van der Waals surface area contributed by atoms with E-state index in [9.17, 15) is 4.79 Å². The van der Waals surface area contributed by atoms with Crippen LogP contribution < -0.4 is 5.32 Å². The number of nitrogens with one attached hydrogen (secondary N) is 1. The average molecular weight is 323 g/mol. The van der Waals surface area contributed by atoms with Gasteiger partial charge in [-0.15, -0.1) is 0 Å². The SMILES string of the molecule is Cc1ccc(C(=O)NC2CN3CCC2CC3)cc1Br. The highest BCUT2D eigenvalue weighted by atomic mass is 79.9. The van der Waals surface area contributed by atoms with Crippen molar-refractivity contribution in [2.75, 3.05) is 19.6 Å². The normalized spacial score (nSPS) is 29.3. The van der Waals surface area contributed by atoms with E-state index in [-0.39, 0.29) is 5.91 Å². The lowest BCUT2D eigenvalue weighted by molar-refractivity contribution is 0.0620. The topological polar surface area (TPSA) is 32.3 Å². The number of nitrogens with zero attached hydrogens (tertiary/aromatic N) is 1. The molecule has 4 rings (SSSR count). The number of carbonyl (C=O) groups excluding carboxylic acids is 1. The number of amides is 1. The van der Waals surface area contributed by atoms with Gasteiger partial charge in [-0.2, -0.15) is 0 Å². The van der Waals surface area contributed by atoms with Gasteiger partial charge in [0.2, 0.25) is 0 Å². The van der Waals surface area contributed by atoms with Crippen molar-refractivity contribution in [3.05, 3.63) is 33.8 Å². The van der Waals surface area contributed by atoms with E-state index in [4.69, 9.17) is 0 Å². The fraction of sp³-hybridized carbons (Fsp3) is 0.533. The molecule has 102 valence electrons. The van der Waals surface area contributed by atoms with E-state index in [0.717, 1.165) is 22.1 Å². The Morgan fingerprint density at radius 2 is 2.11 bits per heavy atom. The number of benzene rings is 1. The molecule has 1 atom stereocenters. The van der Waals surface area contributed by atoms with Crippen LogP contribution in [0.5, 0.6) is 0 Å². The minimum Gasteiger partial charge on any atom is -0.348 e. The van der Waals surface area contributed by atoms with Crippen molar-refractivity contribution in [3.8, 4) is 0 Å². The van der Waals surface area contributed by atoms with E-state index in [1.807, 2.05) is 25.1 Å². The summed E-state index contributed by atoms with van der Waals surface area (Å²) in [5.41, 5.74) is 1.90. The fourth-order valence-corrected chi connectivity index (χ4v) is 3.49. The van der Waals surface area contributed by atoms with Gasteiger partial charge in [-0.1, -0.05) is 22.0 Å². The zero-order valence-corrected chi connectivity index (χ0v) is 12.7. The van der Waals surface area contributed by atoms with Gasteiger partial charge in [0.05, 0.1) is 0 Å². The Bertz CT molecular complexity index is 495. The van der Waals surface area contributed by atoms with Gasteiger partial charge < -0.3 is 10.2 Å². The van der Waals surface area contributed by atoms with Crippen LogP contribution in [-0.2, 0) is 0 Å². The second kappa shape index (κ2) is 5.25. The van der Waals surface area contributed by atoms with Crippen molar-refractivity contribution in [1.82, 2.24) is 10.2 Å². The standard InChI is InChI=1S/C15H19BrN2O/c1-10-2-3-12(8-13(10)16)15(19)17-14-9-18-6-4-11(14)5-7-18/h2-3,8,11,14H,4-7,9H2,1H3,(H,17,19). The van der Waals surface area contributed by atoms with Gasteiger partial charge in [-0.25, -0.2) is 0 Å². The monoisotopic (exact) mass is 322 g/mol. The summed E-state index contributed by atoms with van der Waals surface area (Å²) in [4.78, 5) is 14.8. The largest absolute Gasteiger partial charge is 0.348 e. The summed E-state index contributed by atoms with van der Waals surface area (Å²) < 4.78 is 0.995. The number of carbonyl (C=O) groups is 1. The molecule has 1 aromatic rings. The van der Waals surface area contributed by atoms with E-state index in [1.54, 1.807) is 0 Å². The minimum atomic E-state index is 0.0550. The lowest BCUT2D eigenvalue weighted by Gasteiger charge is -2.44. The van der Waals surface area contributed by atoms with E-state index in [1.165, 1.54) is 25.9 Å². The molecule has 3 aliphatic heterocycles. The van der Waals surface area contributed by atoms with Crippen molar-refractivity contribution in [2.45, 2.75) is 25.8 Å². The Morgan fingerprint density at radius 1 is 1.37 bits per heavy atom. The predicted molar refractivity (Wildman–Crippen MR) is 79.3 cm³/mol. The van der Waals surface area contributed by atoms with Crippen LogP contribution in [0.4, 0.5) is 0 Å². The predicted octanol–water partition coefficient (Wildman–Crippen LogP) is 2.58. The molecule has 0 spiro atoms. The highest BCUT2D eigenvalue weighted by molar-refractivity contribution is 9.10. The molecular formula is C15H19BrN2O. The van der Waals surface area contributed by atoms with Crippen LogP contribution in [0.25, 0.3) is 0 Å². The molecule has 1 aromatic carbocycles. The molecule has 1 unspecified atom stereocenters. The third-order valence-electron chi connectivity index (χ3n) is 4.41. The van der Waals surface area contributed by atoms with E-state index in [0.29, 0.717) is 12.0 Å². The molecule has 3 heterocycles. The Kier molecular flexibility index (Phi) is 3.63. The molecular weight excluding hydrogens is 304 g/mol. The maximum Gasteiger partial charge on any atom is 0.251 e. The third kappa shape index (κ3) is 2.70. The first kappa shape index (κ1) is 13.1. The molecule has 3 fully saturated rings. The Hall–Kier alpha value is -0.870. The highest BCUT2D eigenvalue weighted by Crippen LogP contribution is 2.27. The number of hydrogen-bond acceptors (Lipinski definition) is 2. The Balaban J connectivity index is 1.69. The number of halogens is 1. The van der Waals surface area contributed by atoms with Gasteiger partial charge in [-0.05, 0) is 56.5 Å². The first-order chi connectivity index (χ1) is 9.13. The summed E-state index contributed by atoms with van der Waals surface area (Å²) in [6.07, 6.45) is 2.45. The molecule has 4 heteroatoms. The van der Waals surface area contributed by atoms with Crippen LogP contribution in [0, 0.1) is 12.8 Å². The van der Waals surface area contributed by atoms with Gasteiger partial charge in [0.1, 0.15) is 0 Å². The van der Waals surface area contributed by atoms with Gasteiger partial charge >= 0.3 is 0 Å². The molecule has 0 saturated carbocycles. The molecule has 3 aliphatic rings. The summed E-state index contributed by atoms with van der Waals surface area (Å²) >= 11 is 3.48. The van der Waals surface area contributed by atoms with Gasteiger partial charge in [-0.3, -0.25) is 4.79 Å². The van der Waals surface area contributed by atoms with Gasteiger partial charge in [0.15, 0.2) is 0 Å². The van der Waals surface area contributed by atoms with Crippen molar-refractivity contribution in [1.29, 1.82) is 0 Å². The smallest absolute Gasteiger partial charge is 0.251 e. The number of rotatable bonds is 2. The maximum atomic E-state index is 12.3. The number of aryl methyl sites for hydroxylation is 1. The molecule has 0 aromatic heterocycles. The van der Waals surface area contributed by atoms with E-state index >= 15 is 0 Å². The first-order valence-electron chi connectivity index (χ1n) is 6.93. The molecule has 2 bridgehead atoms. The molecule has 0 radical (unpaired) electrons. The quantitative estimate of drug-likeness (QED) is 0.907. The van der Waals surface area contributed by atoms with Crippen LogP contribution in [-0.4, -0.2) is 36.5 Å². The van der Waals surface area contributed by atoms with Crippen molar-refractivity contribution >= 4 is 21.8 Å². The van der Waals surface area contributed by atoms with Crippen LogP contribution in [0.3, 0.4) is 0 Å². The van der Waals surface area contributed by atoms with Crippen LogP contribution in [0.2, 0.25) is 0 Å². The first-order valence-corrected chi connectivity index (χ1v) is 7.72. The highest BCUT2D eigenvalue weighted by Gasteiger charge is 2.34. The zero-order chi connectivity index (χ0) is 13.4. The molecule has 3 saturated heterocycles. The van der Waals surface area contributed by atoms with Crippen LogP contribution in [0.15, 0.2) is 22.7 Å². The van der Waals surface area contributed by atoms with Crippen molar-refractivity contribution < 1.29 is 4.79 Å². The fourth-order valence-electron chi connectivity index (χ4n) is 3.11. The molecule has 1 N–H and O–H groups in total. The van der Waals surface area contributed by atoms with E-state index in [2.05, 4.69) is 26.1 Å². The average Bonchev–Trinajstić information content (AvgIpc) is 2.43. The minimum absolute atomic E-state index is 0.0550. The number of fused-ring (bicyclic) bond motifs is 3. The summed E-state index contributed by atoms with van der Waals surface area (Å²) in [6.45, 7) is 5.45.